The number of hydrogen-bond donors (Lipinski definition) is 2. The van der Waals surface area contributed by atoms with Crippen molar-refractivity contribution in [2.24, 2.45) is 5.92 Å². The molecule has 3 rings (SSSR count). The molecule has 8 heteroatoms. The monoisotopic (exact) mass is 448 g/mol. The van der Waals surface area contributed by atoms with Gasteiger partial charge in [-0.05, 0) is 67.1 Å². The first-order valence-corrected chi connectivity index (χ1v) is 10.7. The van der Waals surface area contributed by atoms with Gasteiger partial charge in [-0.25, -0.2) is 0 Å². The molecule has 2 N–H and O–H groups in total. The van der Waals surface area contributed by atoms with Crippen molar-refractivity contribution in [1.82, 2.24) is 10.6 Å². The van der Waals surface area contributed by atoms with Gasteiger partial charge in [0.05, 0.1) is 12.2 Å². The molecule has 0 spiro atoms. The van der Waals surface area contributed by atoms with E-state index in [0.717, 1.165) is 18.6 Å². The van der Waals surface area contributed by atoms with Crippen molar-refractivity contribution in [3.63, 3.8) is 0 Å². The second kappa shape index (κ2) is 10.5. The van der Waals surface area contributed by atoms with Gasteiger partial charge in [0.15, 0.2) is 0 Å². The molecule has 0 heterocycles. The number of amides is 2. The molecule has 1 aliphatic rings. The molecule has 2 aromatic rings. The summed E-state index contributed by atoms with van der Waals surface area (Å²) in [4.78, 5) is 25.3. The first kappa shape index (κ1) is 23.6. The number of halogens is 3. The molecule has 2 aromatic carbocycles. The fourth-order valence-electron chi connectivity index (χ4n) is 3.09. The molecule has 32 heavy (non-hydrogen) atoms. The lowest BCUT2D eigenvalue weighted by Gasteiger charge is -2.19. The quantitative estimate of drug-likeness (QED) is 0.568. The van der Waals surface area contributed by atoms with Crippen molar-refractivity contribution in [3.05, 3.63) is 65.2 Å². The van der Waals surface area contributed by atoms with Crippen LogP contribution in [0.4, 0.5) is 13.2 Å². The molecule has 172 valence electrons. The minimum absolute atomic E-state index is 0.0714. The Kier molecular flexibility index (Phi) is 7.77. The summed E-state index contributed by atoms with van der Waals surface area (Å²) in [5, 5.41) is 5.43. The summed E-state index contributed by atoms with van der Waals surface area (Å²) in [6, 6.07) is 10.3. The third-order valence-electron chi connectivity index (χ3n) is 5.19. The van der Waals surface area contributed by atoms with Crippen LogP contribution in [-0.4, -0.2) is 31.0 Å². The van der Waals surface area contributed by atoms with Gasteiger partial charge < -0.3 is 15.4 Å². The van der Waals surface area contributed by atoms with Crippen molar-refractivity contribution < 1.29 is 27.5 Å². The van der Waals surface area contributed by atoms with E-state index < -0.39 is 23.7 Å². The summed E-state index contributed by atoms with van der Waals surface area (Å²) >= 11 is 0. The predicted molar refractivity (Wildman–Crippen MR) is 114 cm³/mol. The topological polar surface area (TPSA) is 67.4 Å². The SMILES string of the molecule is CCCNC(=O)[C@H](Cc1ccc(C(F)(F)F)cc1)NC(=O)c1ccc(OCC2CC2)cc1. The molecular formula is C24H27F3N2O3. The second-order valence-electron chi connectivity index (χ2n) is 7.99. The van der Waals surface area contributed by atoms with E-state index >= 15 is 0 Å². The fourth-order valence-corrected chi connectivity index (χ4v) is 3.09. The summed E-state index contributed by atoms with van der Waals surface area (Å²) in [5.41, 5.74) is 0.115. The molecule has 0 radical (unpaired) electrons. The summed E-state index contributed by atoms with van der Waals surface area (Å²) < 4.78 is 44.1. The van der Waals surface area contributed by atoms with Gasteiger partial charge in [-0.3, -0.25) is 9.59 Å². The number of ether oxygens (including phenoxy) is 1. The van der Waals surface area contributed by atoms with E-state index in [4.69, 9.17) is 4.74 Å². The standard InChI is InChI=1S/C24H27F3N2O3/c1-2-13-28-23(31)21(14-16-5-9-19(10-6-16)24(25,26)27)29-22(30)18-7-11-20(12-8-18)32-15-17-3-4-17/h5-12,17,21H,2-4,13-15H2,1H3,(H,28,31)(H,29,30)/t21-/m0/s1. The third-order valence-corrected chi connectivity index (χ3v) is 5.19. The smallest absolute Gasteiger partial charge is 0.416 e. The molecule has 2 amide bonds. The van der Waals surface area contributed by atoms with Crippen molar-refractivity contribution in [3.8, 4) is 5.75 Å². The largest absolute Gasteiger partial charge is 0.493 e. The Hall–Kier alpha value is -3.03. The first-order valence-electron chi connectivity index (χ1n) is 10.7. The number of carbonyl (C=O) groups excluding carboxylic acids is 2. The average molecular weight is 448 g/mol. The Bertz CT molecular complexity index is 908. The van der Waals surface area contributed by atoms with E-state index in [-0.39, 0.29) is 12.3 Å². The zero-order valence-corrected chi connectivity index (χ0v) is 17.9. The molecule has 1 atom stereocenters. The lowest BCUT2D eigenvalue weighted by atomic mass is 10.0. The lowest BCUT2D eigenvalue weighted by molar-refractivity contribution is -0.137. The lowest BCUT2D eigenvalue weighted by Crippen LogP contribution is -2.48. The molecule has 0 saturated heterocycles. The number of carbonyl (C=O) groups is 2. The summed E-state index contributed by atoms with van der Waals surface area (Å²) in [6.45, 7) is 3.00. The zero-order chi connectivity index (χ0) is 23.1. The average Bonchev–Trinajstić information content (AvgIpc) is 3.60. The Morgan fingerprint density at radius 2 is 1.72 bits per heavy atom. The first-order chi connectivity index (χ1) is 15.3. The Labute approximate surface area is 185 Å². The van der Waals surface area contributed by atoms with Gasteiger partial charge >= 0.3 is 6.18 Å². The normalized spacial score (nSPS) is 14.5. The molecule has 5 nitrogen and oxygen atoms in total. The van der Waals surface area contributed by atoms with Gasteiger partial charge in [0.2, 0.25) is 5.91 Å². The van der Waals surface area contributed by atoms with Crippen LogP contribution in [0.3, 0.4) is 0 Å². The van der Waals surface area contributed by atoms with Crippen LogP contribution in [0.5, 0.6) is 5.75 Å². The van der Waals surface area contributed by atoms with Crippen molar-refractivity contribution in [2.45, 2.75) is 44.8 Å². The molecule has 0 aliphatic heterocycles. The fraction of sp³-hybridized carbons (Fsp3) is 0.417. The summed E-state index contributed by atoms with van der Waals surface area (Å²) in [6.07, 6.45) is -1.28. The van der Waals surface area contributed by atoms with Gasteiger partial charge in [-0.2, -0.15) is 13.2 Å². The molecule has 0 aromatic heterocycles. The van der Waals surface area contributed by atoms with E-state index in [9.17, 15) is 22.8 Å². The van der Waals surface area contributed by atoms with Crippen molar-refractivity contribution in [2.75, 3.05) is 13.2 Å². The maximum absolute atomic E-state index is 12.8. The highest BCUT2D eigenvalue weighted by Crippen LogP contribution is 2.30. The van der Waals surface area contributed by atoms with Crippen LogP contribution < -0.4 is 15.4 Å². The van der Waals surface area contributed by atoms with Crippen LogP contribution in [0, 0.1) is 5.92 Å². The molecule has 0 bridgehead atoms. The number of rotatable bonds is 10. The van der Waals surface area contributed by atoms with Gasteiger partial charge in [0.1, 0.15) is 11.8 Å². The highest BCUT2D eigenvalue weighted by atomic mass is 19.4. The minimum atomic E-state index is -4.43. The van der Waals surface area contributed by atoms with Crippen LogP contribution >= 0.6 is 0 Å². The minimum Gasteiger partial charge on any atom is -0.493 e. The van der Waals surface area contributed by atoms with Gasteiger partial charge in [0.25, 0.3) is 5.91 Å². The molecule has 1 aliphatic carbocycles. The number of nitrogens with one attached hydrogen (secondary N) is 2. The van der Waals surface area contributed by atoms with E-state index in [2.05, 4.69) is 10.6 Å². The summed E-state index contributed by atoms with van der Waals surface area (Å²) in [5.74, 6) is 0.466. The second-order valence-corrected chi connectivity index (χ2v) is 7.99. The molecule has 1 saturated carbocycles. The van der Waals surface area contributed by atoms with E-state index in [1.807, 2.05) is 6.92 Å². The van der Waals surface area contributed by atoms with Crippen molar-refractivity contribution in [1.29, 1.82) is 0 Å². The molecular weight excluding hydrogens is 421 g/mol. The Balaban J connectivity index is 1.66. The van der Waals surface area contributed by atoms with E-state index in [1.54, 1.807) is 24.3 Å². The van der Waals surface area contributed by atoms with Crippen molar-refractivity contribution >= 4 is 11.8 Å². The van der Waals surface area contributed by atoms with Gasteiger partial charge in [-0.15, -0.1) is 0 Å². The Morgan fingerprint density at radius 1 is 1.06 bits per heavy atom. The Morgan fingerprint density at radius 3 is 2.28 bits per heavy atom. The van der Waals surface area contributed by atoms with Gasteiger partial charge in [-0.1, -0.05) is 19.1 Å². The van der Waals surface area contributed by atoms with Gasteiger partial charge in [0, 0.05) is 18.5 Å². The van der Waals surface area contributed by atoms with E-state index in [1.165, 1.54) is 25.0 Å². The number of hydrogen-bond acceptors (Lipinski definition) is 3. The molecule has 0 unspecified atom stereocenters. The predicted octanol–water partition coefficient (Wildman–Crippen LogP) is 4.36. The third kappa shape index (κ3) is 7.00. The maximum Gasteiger partial charge on any atom is 0.416 e. The number of alkyl halides is 3. The zero-order valence-electron chi connectivity index (χ0n) is 17.9. The highest BCUT2D eigenvalue weighted by molar-refractivity contribution is 5.97. The van der Waals surface area contributed by atoms with E-state index in [0.29, 0.717) is 35.9 Å². The van der Waals surface area contributed by atoms with Crippen LogP contribution in [0.1, 0.15) is 47.7 Å². The summed E-state index contributed by atoms with van der Waals surface area (Å²) in [7, 11) is 0. The van der Waals surface area contributed by atoms with Crippen LogP contribution in [0.2, 0.25) is 0 Å². The van der Waals surface area contributed by atoms with Crippen LogP contribution in [0.15, 0.2) is 48.5 Å². The molecule has 1 fully saturated rings. The van der Waals surface area contributed by atoms with Crippen LogP contribution in [0.25, 0.3) is 0 Å². The maximum atomic E-state index is 12.8. The highest BCUT2D eigenvalue weighted by Gasteiger charge is 2.30. The van der Waals surface area contributed by atoms with Crippen LogP contribution in [-0.2, 0) is 17.4 Å². The number of benzene rings is 2.